The van der Waals surface area contributed by atoms with Crippen LogP contribution in [0.4, 0.5) is 0 Å². The van der Waals surface area contributed by atoms with Gasteiger partial charge in [-0.2, -0.15) is 0 Å². The lowest BCUT2D eigenvalue weighted by molar-refractivity contribution is 0.767. The van der Waals surface area contributed by atoms with Gasteiger partial charge in [-0.05, 0) is 31.5 Å². The number of pyridine rings is 2. The summed E-state index contributed by atoms with van der Waals surface area (Å²) in [5, 5.41) is 0.705. The molecule has 0 unspecified atom stereocenters. The van der Waals surface area contributed by atoms with Crippen LogP contribution in [0.3, 0.4) is 0 Å². The zero-order valence-electron chi connectivity index (χ0n) is 12.3. The van der Waals surface area contributed by atoms with E-state index >= 15 is 0 Å². The van der Waals surface area contributed by atoms with Crippen LogP contribution in [0.15, 0.2) is 53.5 Å². The van der Waals surface area contributed by atoms with Gasteiger partial charge in [0, 0.05) is 30.4 Å². The molecule has 0 radical (unpaired) electrons. The van der Waals surface area contributed by atoms with Gasteiger partial charge in [0.15, 0.2) is 5.43 Å². The Morgan fingerprint density at radius 3 is 2.57 bits per heavy atom. The van der Waals surface area contributed by atoms with E-state index in [1.807, 2.05) is 55.6 Å². The van der Waals surface area contributed by atoms with Crippen molar-refractivity contribution in [3.05, 3.63) is 75.7 Å². The number of rotatable bonds is 3. The minimum Gasteiger partial charge on any atom is -0.332 e. The summed E-state index contributed by atoms with van der Waals surface area (Å²) in [6, 6.07) is 13.9. The van der Waals surface area contributed by atoms with Crippen molar-refractivity contribution in [1.82, 2.24) is 9.55 Å². The second kappa shape index (κ2) is 5.52. The number of aryl methyl sites for hydroxylation is 2. The highest BCUT2D eigenvalue weighted by Gasteiger charge is 2.10. The van der Waals surface area contributed by atoms with Crippen LogP contribution in [0.25, 0.3) is 11.0 Å². The number of nitrogens with zero attached hydrogens (tertiary/aromatic N) is 2. The van der Waals surface area contributed by atoms with E-state index in [-0.39, 0.29) is 5.43 Å². The van der Waals surface area contributed by atoms with Crippen LogP contribution in [-0.4, -0.2) is 9.55 Å². The van der Waals surface area contributed by atoms with Crippen LogP contribution in [0.1, 0.15) is 23.7 Å². The number of aromatic nitrogens is 2. The van der Waals surface area contributed by atoms with Gasteiger partial charge in [-0.3, -0.25) is 4.79 Å². The van der Waals surface area contributed by atoms with Crippen molar-refractivity contribution in [1.29, 1.82) is 0 Å². The summed E-state index contributed by atoms with van der Waals surface area (Å²) >= 11 is 0. The van der Waals surface area contributed by atoms with Gasteiger partial charge in [-0.15, -0.1) is 0 Å². The summed E-state index contributed by atoms with van der Waals surface area (Å²) in [6.07, 6.45) is 2.60. The van der Waals surface area contributed by atoms with E-state index in [9.17, 15) is 4.79 Å². The molecule has 0 aliphatic rings. The molecule has 0 atom stereocenters. The van der Waals surface area contributed by atoms with Gasteiger partial charge in [-0.25, -0.2) is 4.98 Å². The molecule has 0 saturated heterocycles. The van der Waals surface area contributed by atoms with Crippen molar-refractivity contribution in [2.75, 3.05) is 0 Å². The molecule has 2 aromatic heterocycles. The number of hydrogen-bond acceptors (Lipinski definition) is 2. The normalized spacial score (nSPS) is 11.0. The van der Waals surface area contributed by atoms with E-state index in [0.717, 1.165) is 29.0 Å². The molecule has 0 saturated carbocycles. The Bertz CT molecular complexity index is 835. The lowest BCUT2D eigenvalue weighted by Crippen LogP contribution is -2.16. The largest absolute Gasteiger partial charge is 0.332 e. The second-order valence-electron chi connectivity index (χ2n) is 5.26. The summed E-state index contributed by atoms with van der Waals surface area (Å²) in [5.74, 6) is 0. The lowest BCUT2D eigenvalue weighted by Gasteiger charge is -2.11. The molecule has 0 fully saturated rings. The smallest absolute Gasteiger partial charge is 0.194 e. The van der Waals surface area contributed by atoms with Gasteiger partial charge >= 0.3 is 0 Å². The van der Waals surface area contributed by atoms with Crippen LogP contribution < -0.4 is 5.43 Å². The van der Waals surface area contributed by atoms with E-state index in [1.165, 1.54) is 0 Å². The molecule has 0 bridgehead atoms. The first-order valence-corrected chi connectivity index (χ1v) is 7.22. The molecule has 106 valence electrons. The highest BCUT2D eigenvalue weighted by Crippen LogP contribution is 2.13. The molecule has 0 amide bonds. The minimum absolute atomic E-state index is 0.0889. The zero-order chi connectivity index (χ0) is 14.8. The summed E-state index contributed by atoms with van der Waals surface area (Å²) in [5.41, 5.74) is 3.77. The topological polar surface area (TPSA) is 34.9 Å². The van der Waals surface area contributed by atoms with Crippen molar-refractivity contribution < 1.29 is 0 Å². The Hall–Kier alpha value is -2.42. The molecule has 0 N–H and O–H groups in total. The summed E-state index contributed by atoms with van der Waals surface area (Å²) in [6.45, 7) is 4.82. The van der Waals surface area contributed by atoms with E-state index in [2.05, 4.69) is 16.5 Å². The predicted octanol–water partition coefficient (Wildman–Crippen LogP) is 3.32. The predicted molar refractivity (Wildman–Crippen MR) is 85.7 cm³/mol. The van der Waals surface area contributed by atoms with E-state index in [4.69, 9.17) is 0 Å². The van der Waals surface area contributed by atoms with E-state index in [1.54, 1.807) is 0 Å². The standard InChI is InChI=1S/C18H18N2O/c1-3-20-12-15(11-14-7-5-4-6-8-14)17(21)16-10-9-13(2)19-18(16)20/h4-10,12H,3,11H2,1-2H3. The maximum absolute atomic E-state index is 12.7. The number of benzene rings is 1. The van der Waals surface area contributed by atoms with Gasteiger partial charge < -0.3 is 4.57 Å². The maximum Gasteiger partial charge on any atom is 0.194 e. The second-order valence-corrected chi connectivity index (χ2v) is 5.26. The number of fused-ring (bicyclic) bond motifs is 1. The molecule has 0 aliphatic carbocycles. The first kappa shape index (κ1) is 13.6. The molecular formula is C18H18N2O. The van der Waals surface area contributed by atoms with Crippen molar-refractivity contribution >= 4 is 11.0 Å². The van der Waals surface area contributed by atoms with Crippen molar-refractivity contribution in [3.8, 4) is 0 Å². The Morgan fingerprint density at radius 2 is 1.86 bits per heavy atom. The molecule has 3 nitrogen and oxygen atoms in total. The Morgan fingerprint density at radius 1 is 1.10 bits per heavy atom. The van der Waals surface area contributed by atoms with Crippen LogP contribution in [0, 0.1) is 6.92 Å². The Labute approximate surface area is 123 Å². The molecular weight excluding hydrogens is 260 g/mol. The molecule has 2 heterocycles. The molecule has 0 aliphatic heterocycles. The highest BCUT2D eigenvalue weighted by molar-refractivity contribution is 5.76. The first-order chi connectivity index (χ1) is 10.2. The van der Waals surface area contributed by atoms with Crippen LogP contribution in [0.5, 0.6) is 0 Å². The van der Waals surface area contributed by atoms with Crippen molar-refractivity contribution in [2.24, 2.45) is 0 Å². The van der Waals surface area contributed by atoms with E-state index in [0.29, 0.717) is 11.8 Å². The fraction of sp³-hybridized carbons (Fsp3) is 0.222. The summed E-state index contributed by atoms with van der Waals surface area (Å²) in [7, 11) is 0. The Kier molecular flexibility index (Phi) is 3.57. The van der Waals surface area contributed by atoms with Crippen LogP contribution in [-0.2, 0) is 13.0 Å². The molecule has 0 spiro atoms. The van der Waals surface area contributed by atoms with Gasteiger partial charge in [-0.1, -0.05) is 30.3 Å². The molecule has 3 rings (SSSR count). The molecule has 1 aromatic carbocycles. The monoisotopic (exact) mass is 278 g/mol. The Balaban J connectivity index is 2.18. The third kappa shape index (κ3) is 2.59. The number of hydrogen-bond donors (Lipinski definition) is 0. The fourth-order valence-corrected chi connectivity index (χ4v) is 2.60. The van der Waals surface area contributed by atoms with Crippen LogP contribution >= 0.6 is 0 Å². The first-order valence-electron chi connectivity index (χ1n) is 7.22. The third-order valence-corrected chi connectivity index (χ3v) is 3.71. The average molecular weight is 278 g/mol. The summed E-state index contributed by atoms with van der Waals surface area (Å²) < 4.78 is 2.06. The third-order valence-electron chi connectivity index (χ3n) is 3.71. The maximum atomic E-state index is 12.7. The quantitative estimate of drug-likeness (QED) is 0.736. The van der Waals surface area contributed by atoms with Crippen molar-refractivity contribution in [3.63, 3.8) is 0 Å². The molecule has 21 heavy (non-hydrogen) atoms. The SMILES string of the molecule is CCn1cc(Cc2ccccc2)c(=O)c2ccc(C)nc21. The van der Waals surface area contributed by atoms with E-state index < -0.39 is 0 Å². The van der Waals surface area contributed by atoms with Gasteiger partial charge in [0.05, 0.1) is 5.39 Å². The highest BCUT2D eigenvalue weighted by atomic mass is 16.1. The van der Waals surface area contributed by atoms with Gasteiger partial charge in [0.1, 0.15) is 5.65 Å². The fourth-order valence-electron chi connectivity index (χ4n) is 2.60. The summed E-state index contributed by atoms with van der Waals surface area (Å²) in [4.78, 5) is 17.2. The average Bonchev–Trinajstić information content (AvgIpc) is 2.51. The minimum atomic E-state index is 0.0889. The lowest BCUT2D eigenvalue weighted by atomic mass is 10.0. The van der Waals surface area contributed by atoms with Gasteiger partial charge in [0.2, 0.25) is 0 Å². The molecule has 3 heteroatoms. The molecule has 3 aromatic rings. The van der Waals surface area contributed by atoms with Crippen molar-refractivity contribution in [2.45, 2.75) is 26.8 Å². The van der Waals surface area contributed by atoms with Crippen LogP contribution in [0.2, 0.25) is 0 Å². The zero-order valence-corrected chi connectivity index (χ0v) is 12.3. The van der Waals surface area contributed by atoms with Gasteiger partial charge in [0.25, 0.3) is 0 Å².